The molecule has 7 heteroatoms. The fourth-order valence-corrected chi connectivity index (χ4v) is 1.58. The number of ether oxygens (including phenoxy) is 1. The van der Waals surface area contributed by atoms with E-state index < -0.39 is 5.91 Å². The van der Waals surface area contributed by atoms with E-state index in [-0.39, 0.29) is 11.4 Å². The maximum atomic E-state index is 12.0. The Balaban J connectivity index is 2.36. The molecule has 0 spiro atoms. The maximum Gasteiger partial charge on any atom is 0.275 e. The van der Waals surface area contributed by atoms with Crippen molar-refractivity contribution in [1.29, 1.82) is 5.26 Å². The standard InChI is InChI=1S/C12H11N5O2/c1-19-9-4-2-3-7(5-13)10(9)16-12(18)11-8(14)6-15-17-11/h2-4,6H,14H2,1H3,(H,15,17)(H,16,18). The highest BCUT2D eigenvalue weighted by molar-refractivity contribution is 6.07. The van der Waals surface area contributed by atoms with E-state index in [1.165, 1.54) is 13.3 Å². The van der Waals surface area contributed by atoms with Gasteiger partial charge < -0.3 is 15.8 Å². The molecule has 19 heavy (non-hydrogen) atoms. The maximum absolute atomic E-state index is 12.0. The van der Waals surface area contributed by atoms with Gasteiger partial charge in [0.1, 0.15) is 23.2 Å². The lowest BCUT2D eigenvalue weighted by atomic mass is 10.1. The second kappa shape index (κ2) is 5.10. The van der Waals surface area contributed by atoms with Crippen LogP contribution in [0, 0.1) is 11.3 Å². The summed E-state index contributed by atoms with van der Waals surface area (Å²) in [6, 6.07) is 6.87. The monoisotopic (exact) mass is 257 g/mol. The minimum Gasteiger partial charge on any atom is -0.495 e. The number of nitrogens with one attached hydrogen (secondary N) is 2. The van der Waals surface area contributed by atoms with Gasteiger partial charge in [-0.2, -0.15) is 10.4 Å². The fourth-order valence-electron chi connectivity index (χ4n) is 1.58. The minimum atomic E-state index is -0.490. The number of para-hydroxylation sites is 1. The van der Waals surface area contributed by atoms with Crippen LogP contribution in [0.3, 0.4) is 0 Å². The molecular formula is C12H11N5O2. The Bertz CT molecular complexity index is 656. The molecule has 1 heterocycles. The van der Waals surface area contributed by atoms with Gasteiger partial charge in [0.05, 0.1) is 24.6 Å². The van der Waals surface area contributed by atoms with E-state index in [0.717, 1.165) is 0 Å². The third-order valence-electron chi connectivity index (χ3n) is 2.50. The van der Waals surface area contributed by atoms with E-state index in [9.17, 15) is 4.79 Å². The molecule has 7 nitrogen and oxygen atoms in total. The molecule has 0 aliphatic rings. The van der Waals surface area contributed by atoms with Gasteiger partial charge in [0.25, 0.3) is 5.91 Å². The SMILES string of the molecule is COc1cccc(C#N)c1NC(=O)c1[nH]ncc1N. The molecule has 0 unspecified atom stereocenters. The number of nitriles is 1. The number of nitrogens with two attached hydrogens (primary N) is 1. The number of H-pyrrole nitrogens is 1. The van der Waals surface area contributed by atoms with Crippen LogP contribution < -0.4 is 15.8 Å². The number of carbonyl (C=O) groups is 1. The summed E-state index contributed by atoms with van der Waals surface area (Å²) < 4.78 is 5.11. The Kier molecular flexibility index (Phi) is 3.34. The summed E-state index contributed by atoms with van der Waals surface area (Å²) in [5.74, 6) is -0.0958. The number of hydrogen-bond acceptors (Lipinski definition) is 5. The molecule has 0 saturated carbocycles. The van der Waals surface area contributed by atoms with Crippen LogP contribution in [0.15, 0.2) is 24.4 Å². The van der Waals surface area contributed by atoms with E-state index in [2.05, 4.69) is 15.5 Å². The van der Waals surface area contributed by atoms with Gasteiger partial charge in [-0.1, -0.05) is 6.07 Å². The van der Waals surface area contributed by atoms with Crippen molar-refractivity contribution >= 4 is 17.3 Å². The van der Waals surface area contributed by atoms with Crippen molar-refractivity contribution in [3.63, 3.8) is 0 Å². The van der Waals surface area contributed by atoms with Gasteiger partial charge in [-0.3, -0.25) is 9.89 Å². The van der Waals surface area contributed by atoms with Crippen molar-refractivity contribution in [2.24, 2.45) is 0 Å². The Morgan fingerprint density at radius 1 is 1.58 bits per heavy atom. The second-order valence-electron chi connectivity index (χ2n) is 3.65. The lowest BCUT2D eigenvalue weighted by Gasteiger charge is -2.11. The summed E-state index contributed by atoms with van der Waals surface area (Å²) in [5, 5.41) is 17.8. The van der Waals surface area contributed by atoms with Crippen molar-refractivity contribution in [2.45, 2.75) is 0 Å². The number of hydrogen-bond donors (Lipinski definition) is 3. The Hall–Kier alpha value is -3.01. The number of benzene rings is 1. The van der Waals surface area contributed by atoms with Gasteiger partial charge in [-0.15, -0.1) is 0 Å². The smallest absolute Gasteiger partial charge is 0.275 e. The number of nitrogen functional groups attached to an aromatic ring is 1. The molecule has 0 fully saturated rings. The average Bonchev–Trinajstić information content (AvgIpc) is 2.85. The molecule has 1 aromatic heterocycles. The Morgan fingerprint density at radius 2 is 2.37 bits per heavy atom. The number of aromatic amines is 1. The number of nitrogens with zero attached hydrogens (tertiary/aromatic N) is 2. The first-order valence-corrected chi connectivity index (χ1v) is 5.34. The van der Waals surface area contributed by atoms with Gasteiger partial charge in [-0.25, -0.2) is 0 Å². The normalized spacial score (nSPS) is 9.68. The number of methoxy groups -OCH3 is 1. The molecule has 0 bridgehead atoms. The minimum absolute atomic E-state index is 0.134. The van der Waals surface area contributed by atoms with Gasteiger partial charge in [0.2, 0.25) is 0 Å². The average molecular weight is 257 g/mol. The topological polar surface area (TPSA) is 117 Å². The van der Waals surface area contributed by atoms with E-state index >= 15 is 0 Å². The fraction of sp³-hybridized carbons (Fsp3) is 0.0833. The molecule has 2 aromatic rings. The second-order valence-corrected chi connectivity index (χ2v) is 3.65. The van der Waals surface area contributed by atoms with Crippen molar-refractivity contribution < 1.29 is 9.53 Å². The van der Waals surface area contributed by atoms with Crippen LogP contribution in [0.2, 0.25) is 0 Å². The first kappa shape index (κ1) is 12.4. The van der Waals surface area contributed by atoms with E-state index in [4.69, 9.17) is 15.7 Å². The number of amides is 1. The highest BCUT2D eigenvalue weighted by Gasteiger charge is 2.16. The third-order valence-corrected chi connectivity index (χ3v) is 2.50. The first-order chi connectivity index (χ1) is 9.17. The lowest BCUT2D eigenvalue weighted by Crippen LogP contribution is -2.15. The van der Waals surface area contributed by atoms with Crippen LogP contribution in [0.4, 0.5) is 11.4 Å². The van der Waals surface area contributed by atoms with Crippen molar-refractivity contribution in [2.75, 3.05) is 18.2 Å². The molecule has 0 saturated heterocycles. The summed E-state index contributed by atoms with van der Waals surface area (Å²) in [5.41, 5.74) is 6.54. The highest BCUT2D eigenvalue weighted by atomic mass is 16.5. The molecule has 1 aromatic carbocycles. The van der Waals surface area contributed by atoms with Crippen LogP contribution in [0.25, 0.3) is 0 Å². The molecule has 0 atom stereocenters. The van der Waals surface area contributed by atoms with Crippen molar-refractivity contribution in [3.8, 4) is 11.8 Å². The van der Waals surface area contributed by atoms with E-state index in [0.29, 0.717) is 17.0 Å². The number of carbonyl (C=O) groups excluding carboxylic acids is 1. The largest absolute Gasteiger partial charge is 0.495 e. The quantitative estimate of drug-likeness (QED) is 0.761. The predicted molar refractivity (Wildman–Crippen MR) is 68.7 cm³/mol. The summed E-state index contributed by atoms with van der Waals surface area (Å²) in [7, 11) is 1.46. The zero-order chi connectivity index (χ0) is 13.8. The molecule has 0 radical (unpaired) electrons. The summed E-state index contributed by atoms with van der Waals surface area (Å²) in [6.45, 7) is 0. The van der Waals surface area contributed by atoms with Crippen LogP contribution in [0.5, 0.6) is 5.75 Å². The zero-order valence-corrected chi connectivity index (χ0v) is 10.1. The highest BCUT2D eigenvalue weighted by Crippen LogP contribution is 2.28. The van der Waals surface area contributed by atoms with Crippen LogP contribution in [-0.4, -0.2) is 23.2 Å². The van der Waals surface area contributed by atoms with Gasteiger partial charge in [0, 0.05) is 0 Å². The summed E-state index contributed by atoms with van der Waals surface area (Å²) in [4.78, 5) is 12.0. The van der Waals surface area contributed by atoms with E-state index in [1.54, 1.807) is 18.2 Å². The molecule has 4 N–H and O–H groups in total. The van der Waals surface area contributed by atoms with Crippen LogP contribution >= 0.6 is 0 Å². The van der Waals surface area contributed by atoms with Crippen molar-refractivity contribution in [1.82, 2.24) is 10.2 Å². The van der Waals surface area contributed by atoms with Crippen LogP contribution in [0.1, 0.15) is 16.1 Å². The van der Waals surface area contributed by atoms with Crippen molar-refractivity contribution in [3.05, 3.63) is 35.7 Å². The predicted octanol–water partition coefficient (Wildman–Crippen LogP) is 1.12. The third kappa shape index (κ3) is 2.32. The van der Waals surface area contributed by atoms with Gasteiger partial charge >= 0.3 is 0 Å². The van der Waals surface area contributed by atoms with Gasteiger partial charge in [0.15, 0.2) is 0 Å². The number of anilines is 2. The number of aromatic nitrogens is 2. The molecular weight excluding hydrogens is 246 g/mol. The summed E-state index contributed by atoms with van der Waals surface area (Å²) in [6.07, 6.45) is 1.34. The molecule has 96 valence electrons. The molecule has 0 aliphatic carbocycles. The number of rotatable bonds is 3. The Labute approximate surface area is 109 Å². The molecule has 2 rings (SSSR count). The lowest BCUT2D eigenvalue weighted by molar-refractivity contribution is 0.102. The Morgan fingerprint density at radius 3 is 2.95 bits per heavy atom. The van der Waals surface area contributed by atoms with Gasteiger partial charge in [-0.05, 0) is 12.1 Å². The zero-order valence-electron chi connectivity index (χ0n) is 10.1. The summed E-state index contributed by atoms with van der Waals surface area (Å²) >= 11 is 0. The first-order valence-electron chi connectivity index (χ1n) is 5.34. The molecule has 1 amide bonds. The van der Waals surface area contributed by atoms with Crippen LogP contribution in [-0.2, 0) is 0 Å². The molecule has 0 aliphatic heterocycles. The van der Waals surface area contributed by atoms with E-state index in [1.807, 2.05) is 6.07 Å².